The second-order valence-electron chi connectivity index (χ2n) is 4.24. The lowest BCUT2D eigenvalue weighted by Crippen LogP contribution is -2.08. The highest BCUT2D eigenvalue weighted by molar-refractivity contribution is 5.78. The predicted octanol–water partition coefficient (Wildman–Crippen LogP) is 4.45. The minimum atomic E-state index is 0.724. The van der Waals surface area contributed by atoms with Gasteiger partial charge in [0.2, 0.25) is 0 Å². The Hall–Kier alpha value is -2.81. The van der Waals surface area contributed by atoms with Gasteiger partial charge in [-0.25, -0.2) is 5.01 Å². The standard InChI is InChI=1S/C17H14N2O/c1-3-8-15(9-4-1)19(16-10-5-2-6-11-16)18-14-17-12-7-13-20-17/h1-14H/b18-14-. The molecular formula is C17H14N2O. The van der Waals surface area contributed by atoms with Gasteiger partial charge in [0.25, 0.3) is 0 Å². The van der Waals surface area contributed by atoms with E-state index in [9.17, 15) is 0 Å². The summed E-state index contributed by atoms with van der Waals surface area (Å²) in [5.41, 5.74) is 2.00. The minimum Gasteiger partial charge on any atom is -0.463 e. The summed E-state index contributed by atoms with van der Waals surface area (Å²) in [5.74, 6) is 0.724. The van der Waals surface area contributed by atoms with Crippen LogP contribution < -0.4 is 5.01 Å². The Kier molecular flexibility index (Phi) is 3.60. The van der Waals surface area contributed by atoms with Crippen molar-refractivity contribution in [3.63, 3.8) is 0 Å². The van der Waals surface area contributed by atoms with Crippen LogP contribution in [-0.2, 0) is 0 Å². The Balaban J connectivity index is 1.96. The molecule has 0 aliphatic rings. The van der Waals surface area contributed by atoms with Crippen molar-refractivity contribution < 1.29 is 4.42 Å². The molecule has 0 spiro atoms. The van der Waals surface area contributed by atoms with Crippen LogP contribution in [0.2, 0.25) is 0 Å². The number of hydrazone groups is 1. The molecule has 0 aliphatic heterocycles. The van der Waals surface area contributed by atoms with Crippen LogP contribution in [0.3, 0.4) is 0 Å². The molecule has 0 unspecified atom stereocenters. The highest BCUT2D eigenvalue weighted by atomic mass is 16.3. The molecule has 0 N–H and O–H groups in total. The van der Waals surface area contributed by atoms with Gasteiger partial charge in [0.15, 0.2) is 0 Å². The topological polar surface area (TPSA) is 28.7 Å². The summed E-state index contributed by atoms with van der Waals surface area (Å²) in [7, 11) is 0. The average Bonchev–Trinajstić information content (AvgIpc) is 3.03. The fourth-order valence-corrected chi connectivity index (χ4v) is 1.90. The van der Waals surface area contributed by atoms with E-state index in [0.29, 0.717) is 0 Å². The Morgan fingerprint density at radius 2 is 1.35 bits per heavy atom. The van der Waals surface area contributed by atoms with E-state index < -0.39 is 0 Å². The van der Waals surface area contributed by atoms with Gasteiger partial charge in [-0.3, -0.25) is 0 Å². The number of para-hydroxylation sites is 2. The number of hydrogen-bond donors (Lipinski definition) is 0. The zero-order valence-electron chi connectivity index (χ0n) is 10.9. The number of nitrogens with zero attached hydrogens (tertiary/aromatic N) is 2. The van der Waals surface area contributed by atoms with Gasteiger partial charge in [0, 0.05) is 0 Å². The summed E-state index contributed by atoms with van der Waals surface area (Å²) in [4.78, 5) is 0. The van der Waals surface area contributed by atoms with E-state index in [0.717, 1.165) is 17.1 Å². The number of hydrogen-bond acceptors (Lipinski definition) is 3. The van der Waals surface area contributed by atoms with Crippen LogP contribution in [-0.4, -0.2) is 6.21 Å². The van der Waals surface area contributed by atoms with Gasteiger partial charge >= 0.3 is 0 Å². The first kappa shape index (κ1) is 12.2. The van der Waals surface area contributed by atoms with Crippen LogP contribution in [0, 0.1) is 0 Å². The van der Waals surface area contributed by atoms with E-state index in [2.05, 4.69) is 5.10 Å². The molecule has 2 aromatic carbocycles. The zero-order chi connectivity index (χ0) is 13.6. The quantitative estimate of drug-likeness (QED) is 0.513. The van der Waals surface area contributed by atoms with E-state index >= 15 is 0 Å². The number of anilines is 2. The van der Waals surface area contributed by atoms with Gasteiger partial charge in [-0.05, 0) is 36.4 Å². The molecule has 20 heavy (non-hydrogen) atoms. The van der Waals surface area contributed by atoms with E-state index in [-0.39, 0.29) is 0 Å². The number of furan rings is 1. The molecule has 3 nitrogen and oxygen atoms in total. The fraction of sp³-hybridized carbons (Fsp3) is 0. The summed E-state index contributed by atoms with van der Waals surface area (Å²) in [6.07, 6.45) is 3.34. The molecule has 1 aromatic heterocycles. The molecule has 0 saturated heterocycles. The van der Waals surface area contributed by atoms with Crippen LogP contribution in [0.15, 0.2) is 88.6 Å². The lowest BCUT2D eigenvalue weighted by atomic mass is 10.2. The maximum atomic E-state index is 5.28. The largest absolute Gasteiger partial charge is 0.463 e. The average molecular weight is 262 g/mol. The van der Waals surface area contributed by atoms with Gasteiger partial charge in [0.05, 0.1) is 23.9 Å². The molecule has 0 amide bonds. The summed E-state index contributed by atoms with van der Waals surface area (Å²) < 4.78 is 5.28. The highest BCUT2D eigenvalue weighted by Gasteiger charge is 2.06. The molecule has 0 aliphatic carbocycles. The third-order valence-electron chi connectivity index (χ3n) is 2.85. The molecule has 0 atom stereocenters. The van der Waals surface area contributed by atoms with Gasteiger partial charge < -0.3 is 4.42 Å². The monoisotopic (exact) mass is 262 g/mol. The summed E-state index contributed by atoms with van der Waals surface area (Å²) in [6, 6.07) is 23.8. The minimum absolute atomic E-state index is 0.724. The van der Waals surface area contributed by atoms with Crippen molar-refractivity contribution in [2.45, 2.75) is 0 Å². The Morgan fingerprint density at radius 3 is 1.85 bits per heavy atom. The van der Waals surface area contributed by atoms with E-state index in [1.807, 2.05) is 77.8 Å². The van der Waals surface area contributed by atoms with E-state index in [1.54, 1.807) is 12.5 Å². The van der Waals surface area contributed by atoms with Crippen LogP contribution >= 0.6 is 0 Å². The molecule has 1 heterocycles. The van der Waals surface area contributed by atoms with Gasteiger partial charge in [0.1, 0.15) is 5.76 Å². The molecule has 0 bridgehead atoms. The van der Waals surface area contributed by atoms with Gasteiger partial charge in [-0.1, -0.05) is 36.4 Å². The maximum absolute atomic E-state index is 5.28. The van der Waals surface area contributed by atoms with Crippen molar-refractivity contribution in [2.75, 3.05) is 5.01 Å². The Morgan fingerprint density at radius 1 is 0.750 bits per heavy atom. The lowest BCUT2D eigenvalue weighted by molar-refractivity contribution is 0.560. The SMILES string of the molecule is C(=N/N(c1ccccc1)c1ccccc1)/c1ccco1. The first-order valence-electron chi connectivity index (χ1n) is 6.41. The number of rotatable bonds is 4. The Labute approximate surface area is 117 Å². The molecule has 3 rings (SSSR count). The van der Waals surface area contributed by atoms with Crippen molar-refractivity contribution in [1.29, 1.82) is 0 Å². The van der Waals surface area contributed by atoms with Crippen molar-refractivity contribution in [3.8, 4) is 0 Å². The highest BCUT2D eigenvalue weighted by Crippen LogP contribution is 2.25. The predicted molar refractivity (Wildman–Crippen MR) is 81.3 cm³/mol. The molecule has 3 aromatic rings. The van der Waals surface area contributed by atoms with E-state index in [1.165, 1.54) is 0 Å². The normalized spacial score (nSPS) is 10.8. The molecule has 98 valence electrons. The van der Waals surface area contributed by atoms with Crippen molar-refractivity contribution in [3.05, 3.63) is 84.8 Å². The summed E-state index contributed by atoms with van der Waals surface area (Å²) in [6.45, 7) is 0. The smallest absolute Gasteiger partial charge is 0.146 e. The summed E-state index contributed by atoms with van der Waals surface area (Å²) >= 11 is 0. The maximum Gasteiger partial charge on any atom is 0.146 e. The van der Waals surface area contributed by atoms with E-state index in [4.69, 9.17) is 4.42 Å². The second kappa shape index (κ2) is 5.89. The zero-order valence-corrected chi connectivity index (χ0v) is 10.9. The molecule has 0 saturated carbocycles. The molecular weight excluding hydrogens is 248 g/mol. The summed E-state index contributed by atoms with van der Waals surface area (Å²) in [5, 5.41) is 6.40. The van der Waals surface area contributed by atoms with Crippen LogP contribution in [0.25, 0.3) is 0 Å². The Bertz CT molecular complexity index is 621. The fourth-order valence-electron chi connectivity index (χ4n) is 1.90. The van der Waals surface area contributed by atoms with Crippen LogP contribution in [0.1, 0.15) is 5.76 Å². The van der Waals surface area contributed by atoms with Crippen molar-refractivity contribution in [1.82, 2.24) is 0 Å². The first-order chi connectivity index (χ1) is 9.93. The molecule has 3 heteroatoms. The molecule has 0 fully saturated rings. The lowest BCUT2D eigenvalue weighted by Gasteiger charge is -2.18. The second-order valence-corrected chi connectivity index (χ2v) is 4.24. The third-order valence-corrected chi connectivity index (χ3v) is 2.85. The van der Waals surface area contributed by atoms with Crippen LogP contribution in [0.5, 0.6) is 0 Å². The van der Waals surface area contributed by atoms with Crippen LogP contribution in [0.4, 0.5) is 11.4 Å². The first-order valence-corrected chi connectivity index (χ1v) is 6.41. The third kappa shape index (κ3) is 2.78. The van der Waals surface area contributed by atoms with Gasteiger partial charge in [-0.2, -0.15) is 5.10 Å². The van der Waals surface area contributed by atoms with Crippen molar-refractivity contribution >= 4 is 17.6 Å². The number of benzene rings is 2. The van der Waals surface area contributed by atoms with Crippen molar-refractivity contribution in [2.24, 2.45) is 5.10 Å². The van der Waals surface area contributed by atoms with Gasteiger partial charge in [-0.15, -0.1) is 0 Å². The molecule has 0 radical (unpaired) electrons.